The number of carbonyl (C=O) groups is 1. The highest BCUT2D eigenvalue weighted by molar-refractivity contribution is 5.85. The highest BCUT2D eigenvalue weighted by Crippen LogP contribution is 2.31. The van der Waals surface area contributed by atoms with Crippen molar-refractivity contribution in [2.45, 2.75) is 63.8 Å². The SMILES string of the molecule is CCCCC1(NC=O)CCCCC1.Cl. The standard InChI is InChI=1S/C11H21NO.ClH/c1-2-3-7-11(12-10-13)8-5-4-6-9-11;/h10H,2-9H2,1H3,(H,12,13);1H. The Morgan fingerprint density at radius 2 is 1.93 bits per heavy atom. The average Bonchev–Trinajstić information content (AvgIpc) is 2.17. The molecule has 1 aliphatic rings. The van der Waals surface area contributed by atoms with E-state index in [0.29, 0.717) is 0 Å². The lowest BCUT2D eigenvalue weighted by Crippen LogP contribution is -2.45. The lowest BCUT2D eigenvalue weighted by atomic mass is 9.78. The molecule has 0 aliphatic heterocycles. The summed E-state index contributed by atoms with van der Waals surface area (Å²) in [5.74, 6) is 0. The molecule has 0 aromatic rings. The summed E-state index contributed by atoms with van der Waals surface area (Å²) >= 11 is 0. The zero-order chi connectivity index (χ0) is 9.57. The minimum atomic E-state index is 0. The van der Waals surface area contributed by atoms with Crippen LogP contribution in [0.25, 0.3) is 0 Å². The summed E-state index contributed by atoms with van der Waals surface area (Å²) in [4.78, 5) is 10.5. The van der Waals surface area contributed by atoms with Gasteiger partial charge >= 0.3 is 0 Å². The molecule has 0 aromatic carbocycles. The van der Waals surface area contributed by atoms with Crippen LogP contribution < -0.4 is 5.32 Å². The Kier molecular flexibility index (Phi) is 6.98. The van der Waals surface area contributed by atoms with Crippen LogP contribution in [0, 0.1) is 0 Å². The number of unbranched alkanes of at least 4 members (excludes halogenated alkanes) is 1. The smallest absolute Gasteiger partial charge is 0.207 e. The van der Waals surface area contributed by atoms with Gasteiger partial charge in [0.05, 0.1) is 0 Å². The van der Waals surface area contributed by atoms with E-state index >= 15 is 0 Å². The maximum Gasteiger partial charge on any atom is 0.207 e. The van der Waals surface area contributed by atoms with Crippen molar-refractivity contribution in [1.29, 1.82) is 0 Å². The molecule has 14 heavy (non-hydrogen) atoms. The monoisotopic (exact) mass is 219 g/mol. The first-order valence-electron chi connectivity index (χ1n) is 5.54. The fourth-order valence-electron chi connectivity index (χ4n) is 2.34. The Morgan fingerprint density at radius 1 is 1.29 bits per heavy atom. The van der Waals surface area contributed by atoms with Gasteiger partial charge in [-0.05, 0) is 19.3 Å². The van der Waals surface area contributed by atoms with Gasteiger partial charge in [-0.15, -0.1) is 12.4 Å². The van der Waals surface area contributed by atoms with E-state index in [-0.39, 0.29) is 17.9 Å². The molecule has 0 radical (unpaired) electrons. The highest BCUT2D eigenvalue weighted by Gasteiger charge is 2.30. The van der Waals surface area contributed by atoms with Crippen molar-refractivity contribution in [3.05, 3.63) is 0 Å². The van der Waals surface area contributed by atoms with Crippen molar-refractivity contribution in [3.63, 3.8) is 0 Å². The Bertz CT molecular complexity index is 155. The molecule has 2 nitrogen and oxygen atoms in total. The molecule has 0 bridgehead atoms. The fraction of sp³-hybridized carbons (Fsp3) is 0.909. The molecule has 1 rings (SSSR count). The van der Waals surface area contributed by atoms with Gasteiger partial charge in [-0.1, -0.05) is 39.0 Å². The summed E-state index contributed by atoms with van der Waals surface area (Å²) < 4.78 is 0. The number of halogens is 1. The molecule has 1 saturated carbocycles. The molecular formula is C11H22ClNO. The number of carbonyl (C=O) groups excluding carboxylic acids is 1. The van der Waals surface area contributed by atoms with Crippen molar-refractivity contribution in [2.24, 2.45) is 0 Å². The number of hydrogen-bond acceptors (Lipinski definition) is 1. The van der Waals surface area contributed by atoms with Crippen LogP contribution in [-0.4, -0.2) is 11.9 Å². The zero-order valence-corrected chi connectivity index (χ0v) is 9.87. The molecule has 0 unspecified atom stereocenters. The fourth-order valence-corrected chi connectivity index (χ4v) is 2.34. The normalized spacial score (nSPS) is 19.5. The van der Waals surface area contributed by atoms with Crippen LogP contribution in [0.4, 0.5) is 0 Å². The maximum atomic E-state index is 10.5. The zero-order valence-electron chi connectivity index (χ0n) is 9.05. The van der Waals surface area contributed by atoms with E-state index in [1.807, 2.05) is 0 Å². The molecule has 1 N–H and O–H groups in total. The Balaban J connectivity index is 0.00000169. The lowest BCUT2D eigenvalue weighted by molar-refractivity contribution is -0.111. The Hall–Kier alpha value is -0.240. The third kappa shape index (κ3) is 3.87. The van der Waals surface area contributed by atoms with E-state index in [1.54, 1.807) is 0 Å². The third-order valence-corrected chi connectivity index (χ3v) is 3.18. The first-order valence-corrected chi connectivity index (χ1v) is 5.54. The number of nitrogens with one attached hydrogen (secondary N) is 1. The molecule has 1 aliphatic carbocycles. The molecule has 1 amide bonds. The van der Waals surface area contributed by atoms with Gasteiger partial charge in [0.2, 0.25) is 6.41 Å². The van der Waals surface area contributed by atoms with Crippen molar-refractivity contribution in [3.8, 4) is 0 Å². The second-order valence-corrected chi connectivity index (χ2v) is 4.21. The van der Waals surface area contributed by atoms with Crippen molar-refractivity contribution >= 4 is 18.8 Å². The lowest BCUT2D eigenvalue weighted by Gasteiger charge is -2.37. The van der Waals surface area contributed by atoms with Gasteiger partial charge in [-0.25, -0.2) is 0 Å². The first-order chi connectivity index (χ1) is 6.33. The molecule has 0 spiro atoms. The third-order valence-electron chi connectivity index (χ3n) is 3.18. The van der Waals surface area contributed by atoms with E-state index in [4.69, 9.17) is 0 Å². The second-order valence-electron chi connectivity index (χ2n) is 4.21. The molecule has 0 aromatic heterocycles. The van der Waals surface area contributed by atoms with E-state index < -0.39 is 0 Å². The van der Waals surface area contributed by atoms with Crippen LogP contribution in [0.1, 0.15) is 58.3 Å². The van der Waals surface area contributed by atoms with E-state index in [9.17, 15) is 4.79 Å². The van der Waals surface area contributed by atoms with Crippen LogP contribution >= 0.6 is 12.4 Å². The summed E-state index contributed by atoms with van der Waals surface area (Å²) in [6, 6.07) is 0. The summed E-state index contributed by atoms with van der Waals surface area (Å²) in [7, 11) is 0. The number of rotatable bonds is 5. The highest BCUT2D eigenvalue weighted by atomic mass is 35.5. The van der Waals surface area contributed by atoms with Crippen molar-refractivity contribution in [1.82, 2.24) is 5.32 Å². The predicted molar refractivity (Wildman–Crippen MR) is 61.8 cm³/mol. The van der Waals surface area contributed by atoms with Gasteiger partial charge in [0.15, 0.2) is 0 Å². The predicted octanol–water partition coefficient (Wildman–Crippen LogP) is 3.05. The Labute approximate surface area is 93.2 Å². The summed E-state index contributed by atoms with van der Waals surface area (Å²) in [6.07, 6.45) is 10.8. The average molecular weight is 220 g/mol. The topological polar surface area (TPSA) is 29.1 Å². The van der Waals surface area contributed by atoms with Crippen LogP contribution in [-0.2, 0) is 4.79 Å². The first kappa shape index (κ1) is 13.8. The van der Waals surface area contributed by atoms with Crippen LogP contribution in [0.5, 0.6) is 0 Å². The van der Waals surface area contributed by atoms with E-state index in [1.165, 1.54) is 51.4 Å². The van der Waals surface area contributed by atoms with Gasteiger partial charge in [0.25, 0.3) is 0 Å². The van der Waals surface area contributed by atoms with Crippen LogP contribution in [0.15, 0.2) is 0 Å². The molecular weight excluding hydrogens is 198 g/mol. The molecule has 84 valence electrons. The minimum absolute atomic E-state index is 0. The molecule has 0 saturated heterocycles. The maximum absolute atomic E-state index is 10.5. The van der Waals surface area contributed by atoms with Gasteiger partial charge in [-0.2, -0.15) is 0 Å². The van der Waals surface area contributed by atoms with E-state index in [0.717, 1.165) is 6.41 Å². The van der Waals surface area contributed by atoms with Crippen molar-refractivity contribution < 1.29 is 4.79 Å². The molecule has 0 atom stereocenters. The van der Waals surface area contributed by atoms with Crippen molar-refractivity contribution in [2.75, 3.05) is 0 Å². The molecule has 1 fully saturated rings. The summed E-state index contributed by atoms with van der Waals surface area (Å²) in [5.41, 5.74) is 0.163. The van der Waals surface area contributed by atoms with Gasteiger partial charge in [0, 0.05) is 5.54 Å². The molecule has 0 heterocycles. The van der Waals surface area contributed by atoms with Crippen LogP contribution in [0.3, 0.4) is 0 Å². The van der Waals surface area contributed by atoms with Gasteiger partial charge < -0.3 is 5.32 Å². The van der Waals surface area contributed by atoms with Gasteiger partial charge in [-0.3, -0.25) is 4.79 Å². The summed E-state index contributed by atoms with van der Waals surface area (Å²) in [6.45, 7) is 2.21. The number of amides is 1. The van der Waals surface area contributed by atoms with Crippen LogP contribution in [0.2, 0.25) is 0 Å². The van der Waals surface area contributed by atoms with E-state index in [2.05, 4.69) is 12.2 Å². The Morgan fingerprint density at radius 3 is 2.43 bits per heavy atom. The largest absolute Gasteiger partial charge is 0.353 e. The molecule has 3 heteroatoms. The number of hydrogen-bond donors (Lipinski definition) is 1. The quantitative estimate of drug-likeness (QED) is 0.708. The summed E-state index contributed by atoms with van der Waals surface area (Å²) in [5, 5.41) is 3.05. The minimum Gasteiger partial charge on any atom is -0.353 e. The second kappa shape index (κ2) is 7.10. The van der Waals surface area contributed by atoms with Gasteiger partial charge in [0.1, 0.15) is 0 Å².